The number of benzene rings is 1. The van der Waals surface area contributed by atoms with Gasteiger partial charge in [0.15, 0.2) is 0 Å². The molecule has 0 spiro atoms. The minimum atomic E-state index is -0.0711. The molecule has 4 rings (SSSR count). The second-order valence-electron chi connectivity index (χ2n) is 7.09. The third kappa shape index (κ3) is 4.07. The van der Waals surface area contributed by atoms with E-state index in [0.717, 1.165) is 42.3 Å². The molecular formula is C20H25N5O3. The number of aromatic nitrogens is 4. The summed E-state index contributed by atoms with van der Waals surface area (Å²) in [6.07, 6.45) is 8.94. The summed E-state index contributed by atoms with van der Waals surface area (Å²) >= 11 is 0. The molecule has 28 heavy (non-hydrogen) atoms. The zero-order valence-corrected chi connectivity index (χ0v) is 15.9. The number of nitrogens with zero attached hydrogens (tertiary/aromatic N) is 3. The van der Waals surface area contributed by atoms with Crippen LogP contribution in [-0.4, -0.2) is 58.1 Å². The smallest absolute Gasteiger partial charge is 0.253 e. The van der Waals surface area contributed by atoms with Gasteiger partial charge in [-0.2, -0.15) is 5.10 Å². The van der Waals surface area contributed by atoms with E-state index in [1.165, 1.54) is 6.33 Å². The Labute approximate surface area is 163 Å². The van der Waals surface area contributed by atoms with Crippen LogP contribution in [0.3, 0.4) is 0 Å². The van der Waals surface area contributed by atoms with Gasteiger partial charge >= 0.3 is 0 Å². The van der Waals surface area contributed by atoms with Crippen molar-refractivity contribution in [1.82, 2.24) is 25.1 Å². The van der Waals surface area contributed by atoms with Gasteiger partial charge in [0.2, 0.25) is 0 Å². The number of aromatic amines is 1. The van der Waals surface area contributed by atoms with Crippen molar-refractivity contribution in [2.24, 2.45) is 0 Å². The predicted molar refractivity (Wildman–Crippen MR) is 105 cm³/mol. The highest BCUT2D eigenvalue weighted by Gasteiger charge is 2.24. The lowest BCUT2D eigenvalue weighted by Gasteiger charge is -2.29. The van der Waals surface area contributed by atoms with E-state index in [1.54, 1.807) is 18.1 Å². The third-order valence-corrected chi connectivity index (χ3v) is 5.22. The SMILES string of the molecule is COCCO[C@H]1CC[C@H](NC(=O)c2cc(-n3cncn3)cc3cc[nH]c23)CC1. The number of H-pyrrole nitrogens is 1. The Kier molecular flexibility index (Phi) is 5.68. The number of amides is 1. The molecule has 1 aliphatic rings. The molecule has 8 nitrogen and oxygen atoms in total. The van der Waals surface area contributed by atoms with Crippen molar-refractivity contribution in [2.45, 2.75) is 37.8 Å². The van der Waals surface area contributed by atoms with E-state index in [9.17, 15) is 4.79 Å². The van der Waals surface area contributed by atoms with Gasteiger partial charge in [0, 0.05) is 24.7 Å². The summed E-state index contributed by atoms with van der Waals surface area (Å²) in [6.45, 7) is 1.24. The first kappa shape index (κ1) is 18.6. The number of hydrogen-bond donors (Lipinski definition) is 2. The predicted octanol–water partition coefficient (Wildman–Crippen LogP) is 2.45. The van der Waals surface area contributed by atoms with E-state index >= 15 is 0 Å². The molecule has 0 saturated heterocycles. The first-order chi connectivity index (χ1) is 13.7. The Bertz CT molecular complexity index is 913. The van der Waals surface area contributed by atoms with Gasteiger partial charge in [0.25, 0.3) is 5.91 Å². The van der Waals surface area contributed by atoms with Gasteiger partial charge in [-0.1, -0.05) is 0 Å². The standard InChI is InChI=1S/C20H25N5O3/c1-27-8-9-28-17-4-2-15(3-5-17)24-20(26)18-11-16(25-13-21-12-23-25)10-14-6-7-22-19(14)18/h6-7,10-13,15,17,22H,2-5,8-9H2,1H3,(H,24,26)/t15-,17-. The van der Waals surface area contributed by atoms with Crippen LogP contribution in [0.2, 0.25) is 0 Å². The van der Waals surface area contributed by atoms with Gasteiger partial charge in [-0.3, -0.25) is 4.79 Å². The van der Waals surface area contributed by atoms with Crippen LogP contribution >= 0.6 is 0 Å². The van der Waals surface area contributed by atoms with Crippen LogP contribution in [0.4, 0.5) is 0 Å². The van der Waals surface area contributed by atoms with E-state index in [4.69, 9.17) is 9.47 Å². The highest BCUT2D eigenvalue weighted by atomic mass is 16.5. The number of hydrogen-bond acceptors (Lipinski definition) is 5. The number of ether oxygens (including phenoxy) is 2. The van der Waals surface area contributed by atoms with Crippen molar-refractivity contribution in [3.8, 4) is 5.69 Å². The molecule has 0 atom stereocenters. The normalized spacial score (nSPS) is 19.8. The lowest BCUT2D eigenvalue weighted by Crippen LogP contribution is -2.39. The fraction of sp³-hybridized carbons (Fsp3) is 0.450. The Morgan fingerprint density at radius 1 is 1.29 bits per heavy atom. The molecule has 3 aromatic rings. The average molecular weight is 383 g/mol. The molecule has 1 saturated carbocycles. The summed E-state index contributed by atoms with van der Waals surface area (Å²) in [5.41, 5.74) is 2.26. The molecule has 148 valence electrons. The first-order valence-electron chi connectivity index (χ1n) is 9.62. The summed E-state index contributed by atoms with van der Waals surface area (Å²) in [5, 5.41) is 8.33. The molecule has 0 bridgehead atoms. The molecule has 2 N–H and O–H groups in total. The van der Waals surface area contributed by atoms with E-state index in [0.29, 0.717) is 18.8 Å². The molecule has 1 aromatic carbocycles. The van der Waals surface area contributed by atoms with Crippen LogP contribution in [0, 0.1) is 0 Å². The third-order valence-electron chi connectivity index (χ3n) is 5.22. The summed E-state index contributed by atoms with van der Waals surface area (Å²) in [4.78, 5) is 20.2. The first-order valence-corrected chi connectivity index (χ1v) is 9.62. The van der Waals surface area contributed by atoms with Crippen molar-refractivity contribution in [3.63, 3.8) is 0 Å². The number of methoxy groups -OCH3 is 1. The van der Waals surface area contributed by atoms with Gasteiger partial charge < -0.3 is 19.8 Å². The highest BCUT2D eigenvalue weighted by Crippen LogP contribution is 2.24. The maximum Gasteiger partial charge on any atom is 0.253 e. The highest BCUT2D eigenvalue weighted by molar-refractivity contribution is 6.06. The molecule has 2 aromatic heterocycles. The molecular weight excluding hydrogens is 358 g/mol. The Morgan fingerprint density at radius 3 is 2.89 bits per heavy atom. The second-order valence-corrected chi connectivity index (χ2v) is 7.09. The van der Waals surface area contributed by atoms with Gasteiger partial charge in [-0.05, 0) is 43.9 Å². The molecule has 1 fully saturated rings. The van der Waals surface area contributed by atoms with Gasteiger partial charge in [-0.15, -0.1) is 0 Å². The summed E-state index contributed by atoms with van der Waals surface area (Å²) < 4.78 is 12.5. The largest absolute Gasteiger partial charge is 0.382 e. The monoisotopic (exact) mass is 383 g/mol. The number of fused-ring (bicyclic) bond motifs is 1. The molecule has 1 aliphatic carbocycles. The molecule has 8 heteroatoms. The summed E-state index contributed by atoms with van der Waals surface area (Å²) in [6, 6.07) is 5.95. The van der Waals surface area contributed by atoms with Crippen LogP contribution < -0.4 is 5.32 Å². The van der Waals surface area contributed by atoms with Gasteiger partial charge in [0.1, 0.15) is 12.7 Å². The van der Waals surface area contributed by atoms with E-state index in [1.807, 2.05) is 24.4 Å². The summed E-state index contributed by atoms with van der Waals surface area (Å²) in [5.74, 6) is -0.0711. The maximum absolute atomic E-state index is 13.0. The molecule has 1 amide bonds. The fourth-order valence-corrected chi connectivity index (χ4v) is 3.74. The van der Waals surface area contributed by atoms with E-state index in [2.05, 4.69) is 20.4 Å². The van der Waals surface area contributed by atoms with Crippen LogP contribution in [0.15, 0.2) is 37.1 Å². The molecule has 0 aliphatic heterocycles. The Hall–Kier alpha value is -2.71. The van der Waals surface area contributed by atoms with Crippen molar-refractivity contribution in [1.29, 1.82) is 0 Å². The zero-order chi connectivity index (χ0) is 19.3. The minimum absolute atomic E-state index is 0.0711. The number of carbonyl (C=O) groups excluding carboxylic acids is 1. The maximum atomic E-state index is 13.0. The van der Waals surface area contributed by atoms with Gasteiger partial charge in [0.05, 0.1) is 36.1 Å². The molecule has 2 heterocycles. The minimum Gasteiger partial charge on any atom is -0.382 e. The lowest BCUT2D eigenvalue weighted by molar-refractivity contribution is -0.00408. The van der Waals surface area contributed by atoms with Crippen molar-refractivity contribution >= 4 is 16.8 Å². The van der Waals surface area contributed by atoms with E-state index in [-0.39, 0.29) is 18.1 Å². The topological polar surface area (TPSA) is 94.1 Å². The second kappa shape index (κ2) is 8.53. The number of carbonyl (C=O) groups is 1. The summed E-state index contributed by atoms with van der Waals surface area (Å²) in [7, 11) is 1.68. The van der Waals surface area contributed by atoms with Crippen LogP contribution in [0.1, 0.15) is 36.0 Å². The van der Waals surface area contributed by atoms with Crippen molar-refractivity contribution in [3.05, 3.63) is 42.6 Å². The van der Waals surface area contributed by atoms with Crippen molar-refractivity contribution in [2.75, 3.05) is 20.3 Å². The zero-order valence-electron chi connectivity index (χ0n) is 15.9. The Morgan fingerprint density at radius 2 is 2.14 bits per heavy atom. The lowest BCUT2D eigenvalue weighted by atomic mass is 9.92. The van der Waals surface area contributed by atoms with Crippen LogP contribution in [0.5, 0.6) is 0 Å². The molecule has 0 radical (unpaired) electrons. The molecule has 0 unspecified atom stereocenters. The number of nitrogens with one attached hydrogen (secondary N) is 2. The Balaban J connectivity index is 1.44. The quantitative estimate of drug-likeness (QED) is 0.611. The van der Waals surface area contributed by atoms with Gasteiger partial charge in [-0.25, -0.2) is 9.67 Å². The van der Waals surface area contributed by atoms with E-state index < -0.39 is 0 Å². The van der Waals surface area contributed by atoms with Crippen molar-refractivity contribution < 1.29 is 14.3 Å². The van der Waals surface area contributed by atoms with Crippen LogP contribution in [0.25, 0.3) is 16.6 Å². The van der Waals surface area contributed by atoms with Crippen LogP contribution in [-0.2, 0) is 9.47 Å². The average Bonchev–Trinajstić information content (AvgIpc) is 3.40. The number of rotatable bonds is 7. The fourth-order valence-electron chi connectivity index (χ4n) is 3.74.